The highest BCUT2D eigenvalue weighted by atomic mass is 19.1. The van der Waals surface area contributed by atoms with Gasteiger partial charge in [-0.2, -0.15) is 0 Å². The molecule has 7 heteroatoms. The molecule has 2 aromatic carbocycles. The summed E-state index contributed by atoms with van der Waals surface area (Å²) in [4.78, 5) is 32.2. The Kier molecular flexibility index (Phi) is 4.55. The van der Waals surface area contributed by atoms with Crippen LogP contribution in [0.15, 0.2) is 77.9 Å². The van der Waals surface area contributed by atoms with Crippen LogP contribution in [0.3, 0.4) is 0 Å². The number of amides is 1. The van der Waals surface area contributed by atoms with Gasteiger partial charge in [0.2, 0.25) is 11.3 Å². The Morgan fingerprint density at radius 3 is 2.68 bits per heavy atom. The van der Waals surface area contributed by atoms with E-state index in [-0.39, 0.29) is 22.9 Å². The van der Waals surface area contributed by atoms with Crippen LogP contribution in [0.5, 0.6) is 11.6 Å². The molecule has 0 bridgehead atoms. The number of anilines is 1. The van der Waals surface area contributed by atoms with Crippen molar-refractivity contribution in [2.75, 3.05) is 5.32 Å². The number of hydrogen-bond donors (Lipinski definition) is 2. The predicted octanol–water partition coefficient (Wildman–Crippen LogP) is 4.11. The van der Waals surface area contributed by atoms with E-state index in [1.54, 1.807) is 42.5 Å². The summed E-state index contributed by atoms with van der Waals surface area (Å²) in [6.45, 7) is 0. The van der Waals surface area contributed by atoms with E-state index in [0.717, 1.165) is 0 Å². The lowest BCUT2D eigenvalue weighted by molar-refractivity contribution is 0.102. The summed E-state index contributed by atoms with van der Waals surface area (Å²) in [5.41, 5.74) is 0.393. The molecule has 1 amide bonds. The van der Waals surface area contributed by atoms with Gasteiger partial charge in [0.1, 0.15) is 11.3 Å². The first-order valence-corrected chi connectivity index (χ1v) is 8.42. The van der Waals surface area contributed by atoms with Crippen LogP contribution in [0.4, 0.5) is 10.1 Å². The highest BCUT2D eigenvalue weighted by molar-refractivity contribution is 6.06. The zero-order valence-electron chi connectivity index (χ0n) is 14.5. The molecule has 0 fully saturated rings. The second kappa shape index (κ2) is 7.32. The van der Waals surface area contributed by atoms with Crippen LogP contribution in [-0.4, -0.2) is 15.9 Å². The molecule has 0 spiro atoms. The SMILES string of the molecule is O=C(Nc1cccnc1Oc1ccccc1F)c1c[nH]c2ccccc2c1=O. The van der Waals surface area contributed by atoms with Gasteiger partial charge in [-0.25, -0.2) is 9.37 Å². The number of pyridine rings is 2. The highest BCUT2D eigenvalue weighted by Crippen LogP contribution is 2.28. The van der Waals surface area contributed by atoms with Crippen LogP contribution in [0.1, 0.15) is 10.4 Å². The minimum Gasteiger partial charge on any atom is -0.434 e. The molecule has 0 radical (unpaired) electrons. The standard InChI is InChI=1S/C21H14FN3O3/c22-15-7-2-4-10-18(15)28-21-17(9-5-11-23-21)25-20(27)14-12-24-16-8-3-1-6-13(16)19(14)26/h1-12H,(H,24,26)(H,25,27). The van der Waals surface area contributed by atoms with Crippen LogP contribution >= 0.6 is 0 Å². The second-order valence-electron chi connectivity index (χ2n) is 5.92. The fourth-order valence-electron chi connectivity index (χ4n) is 2.72. The molecule has 0 unspecified atom stereocenters. The minimum atomic E-state index is -0.626. The number of aromatic amines is 1. The molecule has 0 atom stereocenters. The highest BCUT2D eigenvalue weighted by Gasteiger charge is 2.16. The van der Waals surface area contributed by atoms with Crippen molar-refractivity contribution < 1.29 is 13.9 Å². The van der Waals surface area contributed by atoms with Gasteiger partial charge in [0, 0.05) is 23.3 Å². The number of benzene rings is 2. The Balaban J connectivity index is 1.65. The molecule has 0 saturated carbocycles. The quantitative estimate of drug-likeness (QED) is 0.562. The van der Waals surface area contributed by atoms with Crippen molar-refractivity contribution in [3.63, 3.8) is 0 Å². The van der Waals surface area contributed by atoms with E-state index in [9.17, 15) is 14.0 Å². The molecule has 0 saturated heterocycles. The summed E-state index contributed by atoms with van der Waals surface area (Å²) in [6, 6.07) is 15.9. The zero-order chi connectivity index (χ0) is 19.5. The molecule has 6 nitrogen and oxygen atoms in total. The molecule has 2 heterocycles. The number of H-pyrrole nitrogens is 1. The minimum absolute atomic E-state index is 0.0122. The van der Waals surface area contributed by atoms with Gasteiger partial charge in [-0.1, -0.05) is 24.3 Å². The van der Waals surface area contributed by atoms with Crippen LogP contribution in [0.25, 0.3) is 10.9 Å². The van der Waals surface area contributed by atoms with Crippen molar-refractivity contribution in [3.05, 3.63) is 94.7 Å². The number of nitrogens with zero attached hydrogens (tertiary/aromatic N) is 1. The van der Waals surface area contributed by atoms with Crippen molar-refractivity contribution in [2.24, 2.45) is 0 Å². The Morgan fingerprint density at radius 1 is 1.04 bits per heavy atom. The lowest BCUT2D eigenvalue weighted by atomic mass is 10.1. The van der Waals surface area contributed by atoms with E-state index in [2.05, 4.69) is 15.3 Å². The van der Waals surface area contributed by atoms with E-state index in [0.29, 0.717) is 10.9 Å². The average molecular weight is 375 g/mol. The van der Waals surface area contributed by atoms with Gasteiger partial charge in [0.25, 0.3) is 5.91 Å². The molecule has 138 valence electrons. The maximum Gasteiger partial charge on any atom is 0.261 e. The topological polar surface area (TPSA) is 84.1 Å². The van der Waals surface area contributed by atoms with Gasteiger partial charge in [0.05, 0.1) is 0 Å². The van der Waals surface area contributed by atoms with Gasteiger partial charge in [-0.3, -0.25) is 9.59 Å². The van der Waals surface area contributed by atoms with Crippen LogP contribution in [0.2, 0.25) is 0 Å². The first-order chi connectivity index (χ1) is 13.6. The average Bonchev–Trinajstić information content (AvgIpc) is 2.71. The van der Waals surface area contributed by atoms with Crippen molar-refractivity contribution in [3.8, 4) is 11.6 Å². The first-order valence-electron chi connectivity index (χ1n) is 8.42. The Morgan fingerprint density at radius 2 is 1.82 bits per heavy atom. The van der Waals surface area contributed by atoms with Crippen LogP contribution in [-0.2, 0) is 0 Å². The number of halogens is 1. The van der Waals surface area contributed by atoms with Gasteiger partial charge < -0.3 is 15.0 Å². The summed E-state index contributed by atoms with van der Waals surface area (Å²) >= 11 is 0. The third-order valence-electron chi connectivity index (χ3n) is 4.10. The summed E-state index contributed by atoms with van der Waals surface area (Å²) in [5.74, 6) is -1.20. The lowest BCUT2D eigenvalue weighted by Crippen LogP contribution is -2.22. The molecule has 0 aliphatic rings. The number of para-hydroxylation sites is 2. The largest absolute Gasteiger partial charge is 0.434 e. The Bertz CT molecular complexity index is 1240. The molecule has 0 aliphatic carbocycles. The van der Waals surface area contributed by atoms with Crippen LogP contribution in [0, 0.1) is 5.82 Å². The van der Waals surface area contributed by atoms with E-state index >= 15 is 0 Å². The summed E-state index contributed by atoms with van der Waals surface area (Å²) < 4.78 is 19.3. The number of carbonyl (C=O) groups is 1. The maximum atomic E-state index is 13.9. The first kappa shape index (κ1) is 17.4. The molecule has 0 aliphatic heterocycles. The van der Waals surface area contributed by atoms with E-state index in [4.69, 9.17) is 4.74 Å². The van der Waals surface area contributed by atoms with Crippen molar-refractivity contribution in [2.45, 2.75) is 0 Å². The maximum absolute atomic E-state index is 13.9. The molecule has 4 aromatic rings. The number of hydrogen-bond acceptors (Lipinski definition) is 4. The Labute approximate surface area is 158 Å². The Hall–Kier alpha value is -4.00. The van der Waals surface area contributed by atoms with Crippen LogP contribution < -0.4 is 15.5 Å². The zero-order valence-corrected chi connectivity index (χ0v) is 14.5. The lowest BCUT2D eigenvalue weighted by Gasteiger charge is -2.11. The smallest absolute Gasteiger partial charge is 0.261 e. The molecular formula is C21H14FN3O3. The van der Waals surface area contributed by atoms with Crippen molar-refractivity contribution in [1.82, 2.24) is 9.97 Å². The third-order valence-corrected chi connectivity index (χ3v) is 4.10. The van der Waals surface area contributed by atoms with Crippen molar-refractivity contribution >= 4 is 22.5 Å². The number of ether oxygens (including phenoxy) is 1. The fourth-order valence-corrected chi connectivity index (χ4v) is 2.72. The molecule has 4 rings (SSSR count). The number of carbonyl (C=O) groups excluding carboxylic acids is 1. The second-order valence-corrected chi connectivity index (χ2v) is 5.92. The molecule has 28 heavy (non-hydrogen) atoms. The molecule has 2 N–H and O–H groups in total. The number of fused-ring (bicyclic) bond motifs is 1. The van der Waals surface area contributed by atoms with Gasteiger partial charge >= 0.3 is 0 Å². The number of aromatic nitrogens is 2. The van der Waals surface area contributed by atoms with Gasteiger partial charge in [0.15, 0.2) is 11.6 Å². The van der Waals surface area contributed by atoms with E-state index in [1.165, 1.54) is 30.6 Å². The van der Waals surface area contributed by atoms with Crippen molar-refractivity contribution in [1.29, 1.82) is 0 Å². The normalized spacial score (nSPS) is 10.6. The molecular weight excluding hydrogens is 361 g/mol. The number of rotatable bonds is 4. The van der Waals surface area contributed by atoms with E-state index in [1.807, 2.05) is 0 Å². The van der Waals surface area contributed by atoms with Gasteiger partial charge in [-0.15, -0.1) is 0 Å². The summed E-state index contributed by atoms with van der Waals surface area (Å²) in [6.07, 6.45) is 2.81. The summed E-state index contributed by atoms with van der Waals surface area (Å²) in [5, 5.41) is 3.01. The predicted molar refractivity (Wildman–Crippen MR) is 103 cm³/mol. The third kappa shape index (κ3) is 3.33. The fraction of sp³-hybridized carbons (Fsp3) is 0. The monoisotopic (exact) mass is 375 g/mol. The summed E-state index contributed by atoms with van der Waals surface area (Å²) in [7, 11) is 0. The van der Waals surface area contributed by atoms with E-state index < -0.39 is 17.2 Å². The molecule has 2 aromatic heterocycles. The number of nitrogens with one attached hydrogen (secondary N) is 2. The van der Waals surface area contributed by atoms with Gasteiger partial charge in [-0.05, 0) is 36.4 Å².